The Bertz CT molecular complexity index is 257. The number of hydrogen-bond donors (Lipinski definition) is 2. The number of amides is 1. The topological polar surface area (TPSA) is 73.1 Å². The Hall–Kier alpha value is -0.730. The molecule has 4 nitrogen and oxygen atoms in total. The van der Waals surface area contributed by atoms with E-state index in [2.05, 4.69) is 5.32 Å². The van der Waals surface area contributed by atoms with Gasteiger partial charge in [-0.2, -0.15) is 5.26 Å². The molecule has 84 valence electrons. The number of carbonyl (C=O) groups is 1. The zero-order valence-corrected chi connectivity index (χ0v) is 9.48. The zero-order chi connectivity index (χ0) is 11.1. The third-order valence-corrected chi connectivity index (χ3v) is 3.35. The largest absolute Gasteiger partial charge is 0.388 e. The Morgan fingerprint density at radius 1 is 1.53 bits per heavy atom. The highest BCUT2D eigenvalue weighted by atomic mass is 32.2. The van der Waals surface area contributed by atoms with Crippen molar-refractivity contribution in [3.05, 3.63) is 0 Å². The van der Waals surface area contributed by atoms with Gasteiger partial charge in [0.2, 0.25) is 5.91 Å². The molecule has 0 atom stereocenters. The maximum Gasteiger partial charge on any atom is 0.230 e. The van der Waals surface area contributed by atoms with E-state index >= 15 is 0 Å². The monoisotopic (exact) mass is 228 g/mol. The van der Waals surface area contributed by atoms with Gasteiger partial charge < -0.3 is 10.4 Å². The second-order valence-electron chi connectivity index (χ2n) is 3.86. The molecule has 1 aliphatic rings. The van der Waals surface area contributed by atoms with Crippen LogP contribution in [0.5, 0.6) is 0 Å². The van der Waals surface area contributed by atoms with Crippen LogP contribution in [0.15, 0.2) is 0 Å². The van der Waals surface area contributed by atoms with Crippen LogP contribution in [0, 0.1) is 11.3 Å². The van der Waals surface area contributed by atoms with Gasteiger partial charge in [0.25, 0.3) is 0 Å². The summed E-state index contributed by atoms with van der Waals surface area (Å²) in [4.78, 5) is 11.3. The fraction of sp³-hybridized carbons (Fsp3) is 0.800. The summed E-state index contributed by atoms with van der Waals surface area (Å²) in [5, 5.41) is 20.9. The smallest absolute Gasteiger partial charge is 0.230 e. The predicted molar refractivity (Wildman–Crippen MR) is 59.4 cm³/mol. The third kappa shape index (κ3) is 4.54. The van der Waals surface area contributed by atoms with Gasteiger partial charge in [0.1, 0.15) is 0 Å². The number of nitriles is 1. The molecule has 0 aromatic rings. The molecule has 0 saturated heterocycles. The van der Waals surface area contributed by atoms with Crippen LogP contribution in [0.1, 0.15) is 25.7 Å². The van der Waals surface area contributed by atoms with Crippen LogP contribution >= 0.6 is 11.8 Å². The van der Waals surface area contributed by atoms with Crippen LogP contribution in [-0.2, 0) is 4.79 Å². The van der Waals surface area contributed by atoms with E-state index in [0.717, 1.165) is 25.7 Å². The first-order valence-corrected chi connectivity index (χ1v) is 6.25. The van der Waals surface area contributed by atoms with E-state index in [4.69, 9.17) is 5.26 Å². The molecule has 1 amide bonds. The highest BCUT2D eigenvalue weighted by molar-refractivity contribution is 8.00. The van der Waals surface area contributed by atoms with Gasteiger partial charge in [-0.3, -0.25) is 4.79 Å². The van der Waals surface area contributed by atoms with Gasteiger partial charge in [-0.25, -0.2) is 0 Å². The normalized spacial score (nSPS) is 18.4. The average molecular weight is 228 g/mol. The molecule has 0 bridgehead atoms. The van der Waals surface area contributed by atoms with Gasteiger partial charge >= 0.3 is 0 Å². The van der Waals surface area contributed by atoms with E-state index in [0.29, 0.717) is 18.1 Å². The lowest BCUT2D eigenvalue weighted by molar-refractivity contribution is -0.119. The van der Waals surface area contributed by atoms with Crippen LogP contribution in [0.25, 0.3) is 0 Å². The van der Waals surface area contributed by atoms with Crippen molar-refractivity contribution in [3.63, 3.8) is 0 Å². The Labute approximate surface area is 94.0 Å². The first-order chi connectivity index (χ1) is 7.16. The summed E-state index contributed by atoms with van der Waals surface area (Å²) in [5.41, 5.74) is -0.685. The van der Waals surface area contributed by atoms with Crippen molar-refractivity contribution in [1.29, 1.82) is 5.26 Å². The SMILES string of the molecule is N#CCSCC(=O)NCC1(O)CCCC1. The van der Waals surface area contributed by atoms with Crippen molar-refractivity contribution in [3.8, 4) is 6.07 Å². The van der Waals surface area contributed by atoms with Crippen molar-refractivity contribution in [1.82, 2.24) is 5.32 Å². The fourth-order valence-electron chi connectivity index (χ4n) is 1.71. The highest BCUT2D eigenvalue weighted by Crippen LogP contribution is 2.28. The number of rotatable bonds is 5. The van der Waals surface area contributed by atoms with Gasteiger partial charge in [-0.05, 0) is 12.8 Å². The lowest BCUT2D eigenvalue weighted by Gasteiger charge is -2.22. The molecule has 1 rings (SSSR count). The maximum absolute atomic E-state index is 11.3. The molecule has 0 aromatic carbocycles. The molecule has 0 heterocycles. The van der Waals surface area contributed by atoms with Crippen LogP contribution < -0.4 is 5.32 Å². The molecular weight excluding hydrogens is 212 g/mol. The fourth-order valence-corrected chi connectivity index (χ4v) is 2.19. The number of thioether (sulfide) groups is 1. The number of hydrogen-bond acceptors (Lipinski definition) is 4. The Morgan fingerprint density at radius 2 is 2.20 bits per heavy atom. The summed E-state index contributed by atoms with van der Waals surface area (Å²) in [5.74, 6) is 0.525. The molecule has 0 aromatic heterocycles. The van der Waals surface area contributed by atoms with E-state index in [-0.39, 0.29) is 5.91 Å². The molecule has 1 saturated carbocycles. The molecule has 15 heavy (non-hydrogen) atoms. The van der Waals surface area contributed by atoms with Crippen LogP contribution in [0.2, 0.25) is 0 Å². The zero-order valence-electron chi connectivity index (χ0n) is 8.66. The average Bonchev–Trinajstić information content (AvgIpc) is 2.64. The van der Waals surface area contributed by atoms with Crippen molar-refractivity contribution < 1.29 is 9.90 Å². The lowest BCUT2D eigenvalue weighted by Crippen LogP contribution is -2.41. The molecule has 2 N–H and O–H groups in total. The van der Waals surface area contributed by atoms with E-state index < -0.39 is 5.60 Å². The number of aliphatic hydroxyl groups is 1. The van der Waals surface area contributed by atoms with E-state index in [1.807, 2.05) is 6.07 Å². The first-order valence-electron chi connectivity index (χ1n) is 5.10. The Morgan fingerprint density at radius 3 is 2.80 bits per heavy atom. The molecule has 0 radical (unpaired) electrons. The minimum absolute atomic E-state index is 0.101. The molecule has 1 aliphatic carbocycles. The third-order valence-electron chi connectivity index (χ3n) is 2.55. The standard InChI is InChI=1S/C10H16N2O2S/c11-5-6-15-7-9(13)12-8-10(14)3-1-2-4-10/h14H,1-4,6-8H2,(H,12,13). The highest BCUT2D eigenvalue weighted by Gasteiger charge is 2.31. The predicted octanol–water partition coefficient (Wildman–Crippen LogP) is 0.664. The van der Waals surface area contributed by atoms with Gasteiger partial charge in [-0.15, -0.1) is 11.8 Å². The van der Waals surface area contributed by atoms with Crippen molar-refractivity contribution in [2.75, 3.05) is 18.1 Å². The minimum atomic E-state index is -0.685. The van der Waals surface area contributed by atoms with Crippen LogP contribution in [-0.4, -0.2) is 34.7 Å². The lowest BCUT2D eigenvalue weighted by atomic mass is 10.0. The maximum atomic E-state index is 11.3. The van der Waals surface area contributed by atoms with Gasteiger partial charge in [0.05, 0.1) is 23.2 Å². The number of carbonyl (C=O) groups excluding carboxylic acids is 1. The summed E-state index contributed by atoms with van der Waals surface area (Å²) in [6.45, 7) is 0.346. The molecule has 0 unspecified atom stereocenters. The van der Waals surface area contributed by atoms with Gasteiger partial charge in [0, 0.05) is 6.54 Å². The van der Waals surface area contributed by atoms with Gasteiger partial charge in [0.15, 0.2) is 0 Å². The molecular formula is C10H16N2O2S. The van der Waals surface area contributed by atoms with Crippen molar-refractivity contribution >= 4 is 17.7 Å². The summed E-state index contributed by atoms with van der Waals surface area (Å²) in [7, 11) is 0. The minimum Gasteiger partial charge on any atom is -0.388 e. The van der Waals surface area contributed by atoms with Crippen molar-refractivity contribution in [2.24, 2.45) is 0 Å². The Balaban J connectivity index is 2.13. The Kier molecular flexibility index (Phi) is 4.92. The molecule has 0 spiro atoms. The molecule has 5 heteroatoms. The second kappa shape index (κ2) is 5.99. The number of nitrogens with one attached hydrogen (secondary N) is 1. The van der Waals surface area contributed by atoms with Crippen molar-refractivity contribution in [2.45, 2.75) is 31.3 Å². The molecule has 0 aliphatic heterocycles. The quantitative estimate of drug-likeness (QED) is 0.678. The van der Waals surface area contributed by atoms with Crippen LogP contribution in [0.4, 0.5) is 0 Å². The van der Waals surface area contributed by atoms with E-state index in [1.165, 1.54) is 11.8 Å². The van der Waals surface area contributed by atoms with Crippen LogP contribution in [0.3, 0.4) is 0 Å². The second-order valence-corrected chi connectivity index (χ2v) is 4.84. The van der Waals surface area contributed by atoms with Gasteiger partial charge in [-0.1, -0.05) is 12.8 Å². The summed E-state index contributed by atoms with van der Waals surface area (Å²) >= 11 is 1.29. The van der Waals surface area contributed by atoms with E-state index in [9.17, 15) is 9.90 Å². The first kappa shape index (κ1) is 12.3. The summed E-state index contributed by atoms with van der Waals surface area (Å²) in [6.07, 6.45) is 3.63. The summed E-state index contributed by atoms with van der Waals surface area (Å²) in [6, 6.07) is 1.96. The van der Waals surface area contributed by atoms with E-state index in [1.54, 1.807) is 0 Å². The number of nitrogens with zero attached hydrogens (tertiary/aromatic N) is 1. The molecule has 1 fully saturated rings. The summed E-state index contributed by atoms with van der Waals surface area (Å²) < 4.78 is 0.